The summed E-state index contributed by atoms with van der Waals surface area (Å²) < 4.78 is 10.6. The second-order valence-electron chi connectivity index (χ2n) is 5.09. The lowest BCUT2D eigenvalue weighted by molar-refractivity contribution is 0.354. The average molecular weight is 305 g/mol. The summed E-state index contributed by atoms with van der Waals surface area (Å²) in [5.74, 6) is 2.19. The third-order valence-electron chi connectivity index (χ3n) is 3.51. The van der Waals surface area contributed by atoms with Gasteiger partial charge in [0, 0.05) is 12.5 Å². The Labute approximate surface area is 128 Å². The number of hydrogen-bond acceptors (Lipinski definition) is 6. The van der Waals surface area contributed by atoms with Crippen molar-refractivity contribution in [2.45, 2.75) is 25.2 Å². The highest BCUT2D eigenvalue weighted by Crippen LogP contribution is 2.42. The predicted molar refractivity (Wildman–Crippen MR) is 83.6 cm³/mol. The summed E-state index contributed by atoms with van der Waals surface area (Å²) in [5, 5.41) is 13.8. The fourth-order valence-electron chi connectivity index (χ4n) is 2.15. The van der Waals surface area contributed by atoms with E-state index in [0.717, 1.165) is 29.6 Å². The van der Waals surface area contributed by atoms with E-state index in [2.05, 4.69) is 21.6 Å². The quantitative estimate of drug-likeness (QED) is 0.852. The molecule has 0 unspecified atom stereocenters. The molecule has 1 saturated carbocycles. The van der Waals surface area contributed by atoms with E-state index < -0.39 is 0 Å². The molecule has 0 aliphatic heterocycles. The summed E-state index contributed by atoms with van der Waals surface area (Å²) in [6, 6.07) is 6.00. The van der Waals surface area contributed by atoms with Crippen LogP contribution in [0.25, 0.3) is 0 Å². The smallest absolute Gasteiger partial charge is 0.205 e. The number of anilines is 1. The molecule has 21 heavy (non-hydrogen) atoms. The SMILES string of the molecule is COc1ccc(CCNc2nnc(C3CC3)s2)cc1OC. The second kappa shape index (κ2) is 6.30. The van der Waals surface area contributed by atoms with Gasteiger partial charge in [0.2, 0.25) is 5.13 Å². The normalized spacial score (nSPS) is 14.0. The highest BCUT2D eigenvalue weighted by molar-refractivity contribution is 7.15. The summed E-state index contributed by atoms with van der Waals surface area (Å²) in [6.07, 6.45) is 3.43. The van der Waals surface area contributed by atoms with Gasteiger partial charge in [-0.1, -0.05) is 17.4 Å². The van der Waals surface area contributed by atoms with Gasteiger partial charge in [0.05, 0.1) is 14.2 Å². The number of nitrogens with one attached hydrogen (secondary N) is 1. The van der Waals surface area contributed by atoms with Crippen LogP contribution in [0.15, 0.2) is 18.2 Å². The lowest BCUT2D eigenvalue weighted by Crippen LogP contribution is -2.04. The zero-order valence-corrected chi connectivity index (χ0v) is 13.1. The Morgan fingerprint density at radius 1 is 1.19 bits per heavy atom. The third kappa shape index (κ3) is 3.44. The first-order chi connectivity index (χ1) is 10.3. The lowest BCUT2D eigenvalue weighted by atomic mass is 10.1. The Hall–Kier alpha value is -1.82. The minimum absolute atomic E-state index is 0.670. The Bertz CT molecular complexity index is 611. The largest absolute Gasteiger partial charge is 0.493 e. The van der Waals surface area contributed by atoms with Gasteiger partial charge in [-0.3, -0.25) is 0 Å². The number of methoxy groups -OCH3 is 2. The van der Waals surface area contributed by atoms with Gasteiger partial charge >= 0.3 is 0 Å². The van der Waals surface area contributed by atoms with Crippen molar-refractivity contribution in [1.29, 1.82) is 0 Å². The van der Waals surface area contributed by atoms with Gasteiger partial charge < -0.3 is 14.8 Å². The van der Waals surface area contributed by atoms with Crippen molar-refractivity contribution in [3.63, 3.8) is 0 Å². The number of aromatic nitrogens is 2. The average Bonchev–Trinajstić information content (AvgIpc) is 3.27. The van der Waals surface area contributed by atoms with Gasteiger partial charge in [-0.15, -0.1) is 10.2 Å². The van der Waals surface area contributed by atoms with Gasteiger partial charge in [-0.05, 0) is 37.0 Å². The van der Waals surface area contributed by atoms with E-state index in [0.29, 0.717) is 5.92 Å². The molecule has 0 spiro atoms. The van der Waals surface area contributed by atoms with E-state index in [4.69, 9.17) is 9.47 Å². The molecule has 5 nitrogen and oxygen atoms in total. The van der Waals surface area contributed by atoms with Crippen LogP contribution < -0.4 is 14.8 Å². The molecule has 1 fully saturated rings. The van der Waals surface area contributed by atoms with Crippen molar-refractivity contribution in [2.24, 2.45) is 0 Å². The van der Waals surface area contributed by atoms with Crippen LogP contribution in [0.1, 0.15) is 29.3 Å². The molecule has 6 heteroatoms. The van der Waals surface area contributed by atoms with Crippen LogP contribution in [-0.4, -0.2) is 31.0 Å². The maximum Gasteiger partial charge on any atom is 0.205 e. The minimum Gasteiger partial charge on any atom is -0.493 e. The molecule has 2 aromatic rings. The molecule has 0 bridgehead atoms. The molecule has 1 aliphatic carbocycles. The van der Waals surface area contributed by atoms with Crippen LogP contribution in [0.5, 0.6) is 11.5 Å². The summed E-state index contributed by atoms with van der Waals surface area (Å²) in [5.41, 5.74) is 1.20. The van der Waals surface area contributed by atoms with Gasteiger partial charge in [0.15, 0.2) is 11.5 Å². The number of benzene rings is 1. The van der Waals surface area contributed by atoms with Crippen molar-refractivity contribution in [3.05, 3.63) is 28.8 Å². The van der Waals surface area contributed by atoms with E-state index in [1.165, 1.54) is 23.4 Å². The highest BCUT2D eigenvalue weighted by Gasteiger charge is 2.27. The van der Waals surface area contributed by atoms with Crippen LogP contribution in [0.4, 0.5) is 5.13 Å². The van der Waals surface area contributed by atoms with Crippen molar-refractivity contribution >= 4 is 16.5 Å². The monoisotopic (exact) mass is 305 g/mol. The van der Waals surface area contributed by atoms with E-state index >= 15 is 0 Å². The fourth-order valence-corrected chi connectivity index (χ4v) is 3.09. The maximum absolute atomic E-state index is 5.31. The van der Waals surface area contributed by atoms with Crippen molar-refractivity contribution in [3.8, 4) is 11.5 Å². The molecule has 1 aromatic carbocycles. The molecule has 1 aliphatic rings. The topological polar surface area (TPSA) is 56.3 Å². The number of rotatable bonds is 7. The minimum atomic E-state index is 0.670. The van der Waals surface area contributed by atoms with Gasteiger partial charge in [-0.2, -0.15) is 0 Å². The number of hydrogen-bond donors (Lipinski definition) is 1. The zero-order valence-electron chi connectivity index (χ0n) is 12.3. The Balaban J connectivity index is 1.54. The van der Waals surface area contributed by atoms with Gasteiger partial charge in [0.1, 0.15) is 5.01 Å². The molecule has 0 amide bonds. The predicted octanol–water partition coefficient (Wildman–Crippen LogP) is 3.09. The van der Waals surface area contributed by atoms with E-state index in [9.17, 15) is 0 Å². The molecule has 112 valence electrons. The number of nitrogens with zero attached hydrogens (tertiary/aromatic N) is 2. The Morgan fingerprint density at radius 2 is 2.00 bits per heavy atom. The second-order valence-corrected chi connectivity index (χ2v) is 6.09. The van der Waals surface area contributed by atoms with Crippen molar-refractivity contribution < 1.29 is 9.47 Å². The van der Waals surface area contributed by atoms with Crippen molar-refractivity contribution in [2.75, 3.05) is 26.1 Å². The van der Waals surface area contributed by atoms with E-state index in [1.54, 1.807) is 25.6 Å². The van der Waals surface area contributed by atoms with Crippen molar-refractivity contribution in [1.82, 2.24) is 10.2 Å². The first kappa shape index (κ1) is 14.1. The first-order valence-corrected chi connectivity index (χ1v) is 7.90. The van der Waals surface area contributed by atoms with Crippen LogP contribution in [0, 0.1) is 0 Å². The lowest BCUT2D eigenvalue weighted by Gasteiger charge is -2.09. The van der Waals surface area contributed by atoms with Crippen LogP contribution in [0.3, 0.4) is 0 Å². The van der Waals surface area contributed by atoms with Gasteiger partial charge in [-0.25, -0.2) is 0 Å². The van der Waals surface area contributed by atoms with Crippen LogP contribution in [0.2, 0.25) is 0 Å². The summed E-state index contributed by atoms with van der Waals surface area (Å²) >= 11 is 1.67. The van der Waals surface area contributed by atoms with Gasteiger partial charge in [0.25, 0.3) is 0 Å². The summed E-state index contributed by atoms with van der Waals surface area (Å²) in [6.45, 7) is 0.828. The third-order valence-corrected chi connectivity index (χ3v) is 4.55. The maximum atomic E-state index is 5.31. The molecular formula is C15H19N3O2S. The number of ether oxygens (including phenoxy) is 2. The molecule has 0 atom stereocenters. The molecule has 0 saturated heterocycles. The molecule has 1 N–H and O–H groups in total. The molecule has 1 aromatic heterocycles. The van der Waals surface area contributed by atoms with E-state index in [-0.39, 0.29) is 0 Å². The zero-order chi connectivity index (χ0) is 14.7. The molecule has 0 radical (unpaired) electrons. The summed E-state index contributed by atoms with van der Waals surface area (Å²) in [7, 11) is 3.30. The summed E-state index contributed by atoms with van der Waals surface area (Å²) in [4.78, 5) is 0. The fraction of sp³-hybridized carbons (Fsp3) is 0.467. The first-order valence-electron chi connectivity index (χ1n) is 7.08. The molecule has 3 rings (SSSR count). The standard InChI is InChI=1S/C15H19N3O2S/c1-19-12-6-3-10(9-13(12)20-2)7-8-16-15-18-17-14(21-15)11-4-5-11/h3,6,9,11H,4-5,7-8H2,1-2H3,(H,16,18). The molecule has 1 heterocycles. The molecular weight excluding hydrogens is 286 g/mol. The Morgan fingerprint density at radius 3 is 2.71 bits per heavy atom. The Kier molecular flexibility index (Phi) is 4.24. The van der Waals surface area contributed by atoms with Crippen LogP contribution >= 0.6 is 11.3 Å². The highest BCUT2D eigenvalue weighted by atomic mass is 32.1. The van der Waals surface area contributed by atoms with Crippen LogP contribution in [-0.2, 0) is 6.42 Å². The van der Waals surface area contributed by atoms with E-state index in [1.807, 2.05) is 12.1 Å².